The number of rotatable bonds is 6. The highest BCUT2D eigenvalue weighted by Gasteiger charge is 2.22. The molecule has 140 valence electrons. The lowest BCUT2D eigenvalue weighted by Gasteiger charge is -2.10. The number of aromatic nitrogens is 1. The number of anilines is 1. The van der Waals surface area contributed by atoms with Crippen LogP contribution in [0.3, 0.4) is 0 Å². The number of thiazole rings is 1. The summed E-state index contributed by atoms with van der Waals surface area (Å²) in [4.78, 5) is 39.9. The van der Waals surface area contributed by atoms with E-state index in [1.165, 1.54) is 18.3 Å². The third kappa shape index (κ3) is 4.76. The zero-order valence-electron chi connectivity index (χ0n) is 14.7. The van der Waals surface area contributed by atoms with E-state index in [1.807, 2.05) is 30.3 Å². The summed E-state index contributed by atoms with van der Waals surface area (Å²) in [7, 11) is 1.27. The molecule has 0 atom stereocenters. The fourth-order valence-electron chi connectivity index (χ4n) is 2.53. The van der Waals surface area contributed by atoms with Gasteiger partial charge in [0.25, 0.3) is 0 Å². The number of methoxy groups -OCH3 is 1. The Morgan fingerprint density at radius 2 is 2.00 bits per heavy atom. The van der Waals surface area contributed by atoms with Crippen LogP contribution in [0.25, 0.3) is 0 Å². The third-order valence-electron chi connectivity index (χ3n) is 3.90. The molecule has 8 nitrogen and oxygen atoms in total. The Bertz CT molecular complexity index is 878. The fraction of sp³-hybridized carbons (Fsp3) is 0.278. The van der Waals surface area contributed by atoms with Gasteiger partial charge in [0.15, 0.2) is 5.13 Å². The van der Waals surface area contributed by atoms with Crippen molar-refractivity contribution >= 4 is 40.0 Å². The average Bonchev–Trinajstić information content (AvgIpc) is 3.36. The molecule has 1 N–H and O–H groups in total. The average molecular weight is 386 g/mol. The molecule has 0 aliphatic carbocycles. The van der Waals surface area contributed by atoms with Crippen LogP contribution >= 0.6 is 11.3 Å². The number of hydrogen-bond donors (Lipinski definition) is 1. The summed E-state index contributed by atoms with van der Waals surface area (Å²) in [6, 6.07) is 9.69. The maximum Gasteiger partial charge on any atom is 0.349 e. The van der Waals surface area contributed by atoms with Gasteiger partial charge in [0.1, 0.15) is 4.88 Å². The Kier molecular flexibility index (Phi) is 5.92. The molecular formula is C18H18N4O4S. The number of hydrogen-bond acceptors (Lipinski definition) is 7. The van der Waals surface area contributed by atoms with E-state index >= 15 is 0 Å². The first kappa shape index (κ1) is 18.7. The number of nitrogens with zero attached hydrogens (tertiary/aromatic N) is 3. The molecule has 3 rings (SSSR count). The van der Waals surface area contributed by atoms with E-state index in [0.29, 0.717) is 23.0 Å². The second kappa shape index (κ2) is 8.54. The first-order chi connectivity index (χ1) is 13.1. The Labute approximate surface area is 159 Å². The van der Waals surface area contributed by atoms with Crippen molar-refractivity contribution in [1.82, 2.24) is 9.99 Å². The Morgan fingerprint density at radius 3 is 2.74 bits per heavy atom. The predicted molar refractivity (Wildman–Crippen MR) is 101 cm³/mol. The lowest BCUT2D eigenvalue weighted by Crippen LogP contribution is -2.24. The zero-order chi connectivity index (χ0) is 19.2. The standard InChI is InChI=1S/C18H18N4O4S/c1-26-17(25)14-11-19-18(27-14)20-15(23)7-8-16(24)22-10-9-13(21-22)12-5-3-2-4-6-12/h2-6,11H,7-10H2,1H3,(H,19,20,23). The summed E-state index contributed by atoms with van der Waals surface area (Å²) in [6.45, 7) is 0.514. The molecule has 2 amide bonds. The summed E-state index contributed by atoms with van der Waals surface area (Å²) < 4.78 is 4.59. The SMILES string of the molecule is COC(=O)c1cnc(NC(=O)CCC(=O)N2CCC(c3ccccc3)=N2)s1. The van der Waals surface area contributed by atoms with Crippen LogP contribution < -0.4 is 5.32 Å². The summed E-state index contributed by atoms with van der Waals surface area (Å²) in [5.41, 5.74) is 1.86. The van der Waals surface area contributed by atoms with Gasteiger partial charge in [-0.25, -0.2) is 14.8 Å². The van der Waals surface area contributed by atoms with Crippen LogP contribution in [-0.2, 0) is 14.3 Å². The highest BCUT2D eigenvalue weighted by atomic mass is 32.1. The van der Waals surface area contributed by atoms with Crippen LogP contribution in [-0.4, -0.2) is 47.1 Å². The van der Waals surface area contributed by atoms with Gasteiger partial charge >= 0.3 is 5.97 Å². The van der Waals surface area contributed by atoms with Crippen molar-refractivity contribution in [2.75, 3.05) is 19.0 Å². The zero-order valence-corrected chi connectivity index (χ0v) is 15.5. The quantitative estimate of drug-likeness (QED) is 0.768. The van der Waals surface area contributed by atoms with E-state index in [0.717, 1.165) is 22.6 Å². The van der Waals surface area contributed by atoms with Crippen molar-refractivity contribution in [1.29, 1.82) is 0 Å². The monoisotopic (exact) mass is 386 g/mol. The highest BCUT2D eigenvalue weighted by molar-refractivity contribution is 7.17. The van der Waals surface area contributed by atoms with Crippen LogP contribution in [0.2, 0.25) is 0 Å². The number of nitrogens with one attached hydrogen (secondary N) is 1. The molecule has 1 aromatic heterocycles. The molecule has 1 aliphatic rings. The van der Waals surface area contributed by atoms with Crippen LogP contribution in [0.5, 0.6) is 0 Å². The summed E-state index contributed by atoms with van der Waals surface area (Å²) in [5.74, 6) is -1.06. The lowest BCUT2D eigenvalue weighted by atomic mass is 10.1. The van der Waals surface area contributed by atoms with Crippen molar-refractivity contribution in [2.45, 2.75) is 19.3 Å². The molecule has 0 saturated heterocycles. The van der Waals surface area contributed by atoms with E-state index < -0.39 is 5.97 Å². The predicted octanol–water partition coefficient (Wildman–Crippen LogP) is 2.29. The number of esters is 1. The molecule has 0 bridgehead atoms. The van der Waals surface area contributed by atoms with Gasteiger partial charge in [-0.2, -0.15) is 5.10 Å². The summed E-state index contributed by atoms with van der Waals surface area (Å²) in [5, 5.41) is 8.64. The second-order valence-electron chi connectivity index (χ2n) is 5.75. The van der Waals surface area contributed by atoms with Gasteiger partial charge in [0.05, 0.1) is 25.6 Å². The van der Waals surface area contributed by atoms with Crippen LogP contribution in [0.4, 0.5) is 5.13 Å². The van der Waals surface area contributed by atoms with Gasteiger partial charge in [0.2, 0.25) is 11.8 Å². The van der Waals surface area contributed by atoms with E-state index in [4.69, 9.17) is 0 Å². The molecular weight excluding hydrogens is 368 g/mol. The summed E-state index contributed by atoms with van der Waals surface area (Å²) in [6.07, 6.45) is 2.09. The normalized spacial score (nSPS) is 13.2. The largest absolute Gasteiger partial charge is 0.465 e. The molecule has 2 aromatic rings. The van der Waals surface area contributed by atoms with E-state index in [2.05, 4.69) is 20.1 Å². The molecule has 0 saturated carbocycles. The molecule has 0 fully saturated rings. The first-order valence-corrected chi connectivity index (χ1v) is 9.15. The van der Waals surface area contributed by atoms with Gasteiger partial charge in [-0.15, -0.1) is 0 Å². The number of ether oxygens (including phenoxy) is 1. The Morgan fingerprint density at radius 1 is 1.22 bits per heavy atom. The molecule has 27 heavy (non-hydrogen) atoms. The smallest absolute Gasteiger partial charge is 0.349 e. The minimum absolute atomic E-state index is 0.0126. The first-order valence-electron chi connectivity index (χ1n) is 8.34. The maximum absolute atomic E-state index is 12.3. The van der Waals surface area contributed by atoms with Gasteiger partial charge in [0, 0.05) is 19.3 Å². The van der Waals surface area contributed by atoms with Gasteiger partial charge in [-0.05, 0) is 5.56 Å². The summed E-state index contributed by atoms with van der Waals surface area (Å²) >= 11 is 1.02. The Hall–Kier alpha value is -3.07. The maximum atomic E-state index is 12.3. The van der Waals surface area contributed by atoms with Crippen molar-refractivity contribution in [2.24, 2.45) is 5.10 Å². The highest BCUT2D eigenvalue weighted by Crippen LogP contribution is 2.19. The number of hydrazone groups is 1. The molecule has 0 unspecified atom stereocenters. The topological polar surface area (TPSA) is 101 Å². The van der Waals surface area contributed by atoms with Crippen molar-refractivity contribution in [3.8, 4) is 0 Å². The Balaban J connectivity index is 1.49. The minimum Gasteiger partial charge on any atom is -0.465 e. The van der Waals surface area contributed by atoms with E-state index in [1.54, 1.807) is 0 Å². The number of benzene rings is 1. The minimum atomic E-state index is -0.510. The number of amides is 2. The third-order valence-corrected chi connectivity index (χ3v) is 4.79. The van der Waals surface area contributed by atoms with Gasteiger partial charge in [-0.1, -0.05) is 41.7 Å². The molecule has 2 heterocycles. The van der Waals surface area contributed by atoms with Crippen LogP contribution in [0.15, 0.2) is 41.6 Å². The number of carbonyl (C=O) groups excluding carboxylic acids is 3. The molecule has 1 aromatic carbocycles. The van der Waals surface area contributed by atoms with Crippen LogP contribution in [0.1, 0.15) is 34.5 Å². The molecule has 0 spiro atoms. The van der Waals surface area contributed by atoms with E-state index in [9.17, 15) is 14.4 Å². The van der Waals surface area contributed by atoms with E-state index in [-0.39, 0.29) is 24.7 Å². The lowest BCUT2D eigenvalue weighted by molar-refractivity contribution is -0.132. The van der Waals surface area contributed by atoms with Gasteiger partial charge < -0.3 is 10.1 Å². The fourth-order valence-corrected chi connectivity index (χ4v) is 3.28. The van der Waals surface area contributed by atoms with Crippen molar-refractivity contribution in [3.63, 3.8) is 0 Å². The van der Waals surface area contributed by atoms with Crippen LogP contribution in [0, 0.1) is 0 Å². The van der Waals surface area contributed by atoms with Crippen molar-refractivity contribution in [3.05, 3.63) is 47.0 Å². The number of carbonyl (C=O) groups is 3. The molecule has 0 radical (unpaired) electrons. The second-order valence-corrected chi connectivity index (χ2v) is 6.78. The van der Waals surface area contributed by atoms with Gasteiger partial charge in [-0.3, -0.25) is 9.59 Å². The van der Waals surface area contributed by atoms with Crippen molar-refractivity contribution < 1.29 is 19.1 Å². The molecule has 1 aliphatic heterocycles. The molecule has 9 heteroatoms.